The number of carboxylic acid groups (broad SMARTS) is 1. The van der Waals surface area contributed by atoms with Gasteiger partial charge in [-0.05, 0) is 6.92 Å². The minimum absolute atomic E-state index is 0.128. The van der Waals surface area contributed by atoms with Crippen molar-refractivity contribution in [3.05, 3.63) is 12.3 Å². The molecule has 0 aromatic rings. The molecule has 15 heavy (non-hydrogen) atoms. The second-order valence-corrected chi connectivity index (χ2v) is 4.45. The zero-order chi connectivity index (χ0) is 12.1. The molecular formula is C10H20NO4+. The molecule has 1 atom stereocenters. The molecule has 0 bridgehead atoms. The van der Waals surface area contributed by atoms with E-state index in [1.165, 1.54) is 6.20 Å². The molecule has 0 heterocycles. The summed E-state index contributed by atoms with van der Waals surface area (Å²) in [6.07, 6.45) is 2.38. The maximum absolute atomic E-state index is 10.2. The lowest BCUT2D eigenvalue weighted by molar-refractivity contribution is -0.606. The number of aliphatic hydroxyl groups is 2. The van der Waals surface area contributed by atoms with Crippen molar-refractivity contribution in [1.82, 2.24) is 0 Å². The molecule has 0 saturated heterocycles. The molecule has 0 aliphatic rings. The van der Waals surface area contributed by atoms with Crippen LogP contribution in [0.5, 0.6) is 0 Å². The van der Waals surface area contributed by atoms with Gasteiger partial charge in [0.2, 0.25) is 0 Å². The molecule has 5 nitrogen and oxygen atoms in total. The SMILES string of the molecule is CC(C)(CO)C(C)(O)C[NH2+]/C=C/C(=O)O. The van der Waals surface area contributed by atoms with Crippen molar-refractivity contribution in [2.45, 2.75) is 26.4 Å². The van der Waals surface area contributed by atoms with Crippen molar-refractivity contribution in [1.29, 1.82) is 0 Å². The lowest BCUT2D eigenvalue weighted by Gasteiger charge is -2.36. The van der Waals surface area contributed by atoms with Crippen LogP contribution in [0, 0.1) is 5.41 Å². The molecule has 1 unspecified atom stereocenters. The summed E-state index contributed by atoms with van der Waals surface area (Å²) in [6, 6.07) is 0. The normalized spacial score (nSPS) is 16.6. The third kappa shape index (κ3) is 4.42. The molecule has 0 spiro atoms. The topological polar surface area (TPSA) is 94.4 Å². The molecule has 5 heteroatoms. The molecule has 5 N–H and O–H groups in total. The lowest BCUT2D eigenvalue weighted by atomic mass is 9.76. The Labute approximate surface area is 89.4 Å². The molecule has 0 rings (SSSR count). The lowest BCUT2D eigenvalue weighted by Crippen LogP contribution is -2.84. The van der Waals surface area contributed by atoms with Crippen LogP contribution in [0.3, 0.4) is 0 Å². The summed E-state index contributed by atoms with van der Waals surface area (Å²) >= 11 is 0. The average Bonchev–Trinajstić information content (AvgIpc) is 2.12. The molecule has 0 saturated carbocycles. The van der Waals surface area contributed by atoms with E-state index < -0.39 is 17.0 Å². The molecular weight excluding hydrogens is 198 g/mol. The Morgan fingerprint density at radius 3 is 2.33 bits per heavy atom. The first-order chi connectivity index (χ1) is 6.73. The monoisotopic (exact) mass is 218 g/mol. The maximum atomic E-state index is 10.2. The number of aliphatic hydroxyl groups excluding tert-OH is 1. The molecule has 0 radical (unpaired) electrons. The van der Waals surface area contributed by atoms with Gasteiger partial charge in [0.15, 0.2) is 0 Å². The van der Waals surface area contributed by atoms with Gasteiger partial charge in [0.05, 0.1) is 18.9 Å². The third-order valence-corrected chi connectivity index (χ3v) is 2.74. The maximum Gasteiger partial charge on any atom is 0.333 e. The highest BCUT2D eigenvalue weighted by Crippen LogP contribution is 2.28. The van der Waals surface area contributed by atoms with Gasteiger partial charge in [-0.15, -0.1) is 0 Å². The van der Waals surface area contributed by atoms with E-state index in [9.17, 15) is 9.90 Å². The smallest absolute Gasteiger partial charge is 0.333 e. The van der Waals surface area contributed by atoms with Crippen molar-refractivity contribution >= 4 is 5.97 Å². The number of nitrogens with two attached hydrogens (primary N) is 1. The van der Waals surface area contributed by atoms with Crippen molar-refractivity contribution in [2.75, 3.05) is 13.2 Å². The van der Waals surface area contributed by atoms with Crippen molar-refractivity contribution < 1.29 is 25.4 Å². The average molecular weight is 218 g/mol. The Hall–Kier alpha value is -0.910. The second-order valence-electron chi connectivity index (χ2n) is 4.45. The predicted octanol–water partition coefficient (Wildman–Crippen LogP) is -1.08. The van der Waals surface area contributed by atoms with E-state index in [0.717, 1.165) is 6.08 Å². The van der Waals surface area contributed by atoms with Gasteiger partial charge in [0.25, 0.3) is 0 Å². The number of aliphatic carboxylic acids is 1. The molecule has 0 aromatic heterocycles. The number of rotatable bonds is 6. The van der Waals surface area contributed by atoms with Gasteiger partial charge >= 0.3 is 5.97 Å². The van der Waals surface area contributed by atoms with Gasteiger partial charge < -0.3 is 20.6 Å². The largest absolute Gasteiger partial charge is 0.478 e. The van der Waals surface area contributed by atoms with Crippen molar-refractivity contribution in [2.24, 2.45) is 5.41 Å². The van der Waals surface area contributed by atoms with E-state index in [1.54, 1.807) is 26.1 Å². The molecule has 88 valence electrons. The fourth-order valence-electron chi connectivity index (χ4n) is 0.894. The highest BCUT2D eigenvalue weighted by Gasteiger charge is 2.40. The quantitative estimate of drug-likeness (QED) is 0.426. The van der Waals surface area contributed by atoms with Crippen LogP contribution in [0.2, 0.25) is 0 Å². The van der Waals surface area contributed by atoms with Crippen LogP contribution in [0.25, 0.3) is 0 Å². The summed E-state index contributed by atoms with van der Waals surface area (Å²) in [7, 11) is 0. The van der Waals surface area contributed by atoms with Crippen LogP contribution in [0.4, 0.5) is 0 Å². The summed E-state index contributed by atoms with van der Waals surface area (Å²) in [5, 5.41) is 29.0. The van der Waals surface area contributed by atoms with Crippen LogP contribution in [-0.2, 0) is 4.79 Å². The summed E-state index contributed by atoms with van der Waals surface area (Å²) in [5.74, 6) is -1.02. The first-order valence-electron chi connectivity index (χ1n) is 4.79. The summed E-state index contributed by atoms with van der Waals surface area (Å²) in [4.78, 5) is 10.2. The minimum Gasteiger partial charge on any atom is -0.478 e. The van der Waals surface area contributed by atoms with E-state index in [1.807, 2.05) is 0 Å². The van der Waals surface area contributed by atoms with Gasteiger partial charge in [-0.3, -0.25) is 0 Å². The number of hydrogen-bond donors (Lipinski definition) is 4. The van der Waals surface area contributed by atoms with Crippen LogP contribution >= 0.6 is 0 Å². The summed E-state index contributed by atoms with van der Waals surface area (Å²) < 4.78 is 0. The van der Waals surface area contributed by atoms with Gasteiger partial charge in [0, 0.05) is 5.41 Å². The van der Waals surface area contributed by atoms with Gasteiger partial charge in [-0.25, -0.2) is 4.79 Å². The third-order valence-electron chi connectivity index (χ3n) is 2.74. The van der Waals surface area contributed by atoms with Crippen LogP contribution < -0.4 is 5.32 Å². The highest BCUT2D eigenvalue weighted by atomic mass is 16.4. The number of hydrogen-bond acceptors (Lipinski definition) is 3. The van der Waals surface area contributed by atoms with E-state index >= 15 is 0 Å². The molecule has 0 aromatic carbocycles. The Kier molecular flexibility index (Phi) is 4.93. The molecule has 0 fully saturated rings. The Bertz CT molecular complexity index is 246. The molecule has 0 amide bonds. The molecule has 0 aliphatic heterocycles. The highest BCUT2D eigenvalue weighted by molar-refractivity contribution is 5.79. The Morgan fingerprint density at radius 2 is 1.93 bits per heavy atom. The van der Waals surface area contributed by atoms with E-state index in [-0.39, 0.29) is 6.61 Å². The summed E-state index contributed by atoms with van der Waals surface area (Å²) in [5.41, 5.74) is -1.69. The van der Waals surface area contributed by atoms with Gasteiger partial charge in [-0.1, -0.05) is 13.8 Å². The van der Waals surface area contributed by atoms with E-state index in [4.69, 9.17) is 10.2 Å². The predicted molar refractivity (Wildman–Crippen MR) is 55.1 cm³/mol. The van der Waals surface area contributed by atoms with Crippen molar-refractivity contribution in [3.63, 3.8) is 0 Å². The van der Waals surface area contributed by atoms with Crippen LogP contribution in [0.15, 0.2) is 12.3 Å². The second kappa shape index (κ2) is 5.25. The Balaban J connectivity index is 4.22. The van der Waals surface area contributed by atoms with Gasteiger partial charge in [0.1, 0.15) is 12.1 Å². The van der Waals surface area contributed by atoms with E-state index in [0.29, 0.717) is 6.54 Å². The van der Waals surface area contributed by atoms with Crippen LogP contribution in [-0.4, -0.2) is 40.0 Å². The standard InChI is InChI=1S/C10H19NO4/c1-9(2,7-12)10(3,15)6-11-5-4-8(13)14/h4-5,11-12,15H,6-7H2,1-3H3,(H,13,14)/p+1/b5-4+. The Morgan fingerprint density at radius 1 is 1.40 bits per heavy atom. The first kappa shape index (κ1) is 14.1. The zero-order valence-electron chi connectivity index (χ0n) is 9.40. The number of quaternary nitrogens is 1. The van der Waals surface area contributed by atoms with Crippen molar-refractivity contribution in [3.8, 4) is 0 Å². The minimum atomic E-state index is -1.06. The van der Waals surface area contributed by atoms with Gasteiger partial charge in [-0.2, -0.15) is 0 Å². The first-order valence-corrected chi connectivity index (χ1v) is 4.79. The zero-order valence-corrected chi connectivity index (χ0v) is 9.40. The fraction of sp³-hybridized carbons (Fsp3) is 0.700. The fourth-order valence-corrected chi connectivity index (χ4v) is 0.894. The van der Waals surface area contributed by atoms with Crippen LogP contribution in [0.1, 0.15) is 20.8 Å². The number of carbonyl (C=O) groups is 1. The number of carboxylic acids is 1. The summed E-state index contributed by atoms with van der Waals surface area (Å²) in [6.45, 7) is 5.29. The van der Waals surface area contributed by atoms with E-state index in [2.05, 4.69) is 0 Å². The molecule has 0 aliphatic carbocycles.